The van der Waals surface area contributed by atoms with Crippen LogP contribution in [0.15, 0.2) is 65.0 Å². The molecule has 4 rings (SSSR count). The average Bonchev–Trinajstić information content (AvgIpc) is 3.30. The maximum atomic E-state index is 13.4. The summed E-state index contributed by atoms with van der Waals surface area (Å²) >= 11 is 0. The number of nitrogens with zero attached hydrogens (tertiary/aromatic N) is 1. The van der Waals surface area contributed by atoms with E-state index in [1.165, 1.54) is 0 Å². The molecule has 1 aromatic rings. The fourth-order valence-corrected chi connectivity index (χ4v) is 6.54. The lowest BCUT2D eigenvalue weighted by atomic mass is 9.84. The molecule has 7 N–H and O–H groups in total. The van der Waals surface area contributed by atoms with Gasteiger partial charge in [-0.2, -0.15) is 0 Å². The second kappa shape index (κ2) is 16.7. The molecule has 0 radical (unpaired) electrons. The normalized spacial score (nSPS) is 26.0. The Morgan fingerprint density at radius 2 is 1.98 bits per heavy atom. The number of ether oxygens (including phenoxy) is 1. The Labute approximate surface area is 281 Å². The van der Waals surface area contributed by atoms with Gasteiger partial charge in [-0.25, -0.2) is 0 Å². The molecule has 2 fully saturated rings. The summed E-state index contributed by atoms with van der Waals surface area (Å²) in [5.41, 5.74) is 10.0. The summed E-state index contributed by atoms with van der Waals surface area (Å²) in [6.45, 7) is 18.0. The van der Waals surface area contributed by atoms with Crippen molar-refractivity contribution in [1.82, 2.24) is 20.9 Å². The zero-order valence-electron chi connectivity index (χ0n) is 29.8. The van der Waals surface area contributed by atoms with Gasteiger partial charge in [-0.05, 0) is 76.7 Å². The van der Waals surface area contributed by atoms with Crippen molar-refractivity contribution in [3.63, 3.8) is 0 Å². The van der Waals surface area contributed by atoms with E-state index in [2.05, 4.69) is 46.6 Å². The van der Waals surface area contributed by atoms with E-state index in [-0.39, 0.29) is 17.9 Å². The van der Waals surface area contributed by atoms with Gasteiger partial charge in [0.2, 0.25) is 5.84 Å². The van der Waals surface area contributed by atoms with Gasteiger partial charge in [-0.1, -0.05) is 56.7 Å². The van der Waals surface area contributed by atoms with Gasteiger partial charge in [0.15, 0.2) is 0 Å². The highest BCUT2D eigenvalue weighted by Crippen LogP contribution is 2.39. The van der Waals surface area contributed by atoms with Crippen LogP contribution in [-0.2, 0) is 4.79 Å². The van der Waals surface area contributed by atoms with Crippen molar-refractivity contribution in [3.8, 4) is 5.75 Å². The number of nitrogens with two attached hydrogens (primary N) is 1. The Hall–Kier alpha value is -4.05. The first-order chi connectivity index (χ1) is 22.3. The lowest BCUT2D eigenvalue weighted by Gasteiger charge is -2.47. The lowest BCUT2D eigenvalue weighted by molar-refractivity contribution is -0.525. The maximum Gasteiger partial charge on any atom is 0.255 e. The summed E-state index contributed by atoms with van der Waals surface area (Å²) in [5.74, 6) is 2.45. The molecule has 10 heteroatoms. The van der Waals surface area contributed by atoms with Crippen LogP contribution in [0.4, 0.5) is 0 Å². The van der Waals surface area contributed by atoms with E-state index < -0.39 is 17.7 Å². The number of allylic oxidation sites excluding steroid dienone is 5. The van der Waals surface area contributed by atoms with E-state index in [0.29, 0.717) is 49.2 Å². The maximum absolute atomic E-state index is 13.4. The number of aliphatic hydroxyl groups is 1. The van der Waals surface area contributed by atoms with Gasteiger partial charge in [0, 0.05) is 25.6 Å². The number of hydrogen-bond donors (Lipinski definition) is 6. The molecule has 2 saturated heterocycles. The van der Waals surface area contributed by atoms with Crippen LogP contribution in [0, 0.1) is 0 Å². The SMILES string of the molecule is CCC(N)=[NH+]C1CNC(=C(C)C)N2C[C@@H](NC(=O)c3cccc4c3OCCC4C)[C@@H](O)C12C.C\C=C/C(C)=C\C(=C\CC)C(=O)NC. The molecule has 2 amide bonds. The van der Waals surface area contributed by atoms with Gasteiger partial charge in [-0.3, -0.25) is 20.3 Å². The summed E-state index contributed by atoms with van der Waals surface area (Å²) in [7, 11) is 1.64. The molecule has 5 atom stereocenters. The summed E-state index contributed by atoms with van der Waals surface area (Å²) in [5, 5.41) is 20.8. The van der Waals surface area contributed by atoms with E-state index in [1.807, 2.05) is 71.1 Å². The second-order valence-electron chi connectivity index (χ2n) is 13.0. The van der Waals surface area contributed by atoms with Crippen molar-refractivity contribution in [2.45, 2.75) is 104 Å². The smallest absolute Gasteiger partial charge is 0.255 e. The summed E-state index contributed by atoms with van der Waals surface area (Å²) in [4.78, 5) is 30.3. The van der Waals surface area contributed by atoms with E-state index in [1.54, 1.807) is 13.1 Å². The monoisotopic (exact) mass is 649 g/mol. The Kier molecular flexibility index (Phi) is 13.3. The first-order valence-corrected chi connectivity index (χ1v) is 16.9. The fraction of sp³-hybridized carbons (Fsp3) is 0.541. The van der Waals surface area contributed by atoms with Gasteiger partial charge in [0.05, 0.1) is 24.8 Å². The largest absolute Gasteiger partial charge is 0.492 e. The van der Waals surface area contributed by atoms with E-state index in [0.717, 1.165) is 40.9 Å². The minimum Gasteiger partial charge on any atom is -0.492 e. The molecular weight excluding hydrogens is 592 g/mol. The summed E-state index contributed by atoms with van der Waals surface area (Å²) in [6.07, 6.45) is 9.47. The van der Waals surface area contributed by atoms with Crippen LogP contribution in [0.25, 0.3) is 0 Å². The average molecular weight is 650 g/mol. The third-order valence-corrected chi connectivity index (χ3v) is 9.26. The zero-order chi connectivity index (χ0) is 34.9. The van der Waals surface area contributed by atoms with Crippen LogP contribution in [-0.4, -0.2) is 78.1 Å². The van der Waals surface area contributed by atoms with Gasteiger partial charge in [0.25, 0.3) is 11.8 Å². The molecule has 1 aromatic carbocycles. The third kappa shape index (κ3) is 8.46. The molecule has 3 unspecified atom stereocenters. The highest BCUT2D eigenvalue weighted by atomic mass is 16.5. The first kappa shape index (κ1) is 37.4. The number of rotatable bonds is 8. The third-order valence-electron chi connectivity index (χ3n) is 9.26. The van der Waals surface area contributed by atoms with Crippen LogP contribution in [0.5, 0.6) is 5.75 Å². The van der Waals surface area contributed by atoms with Gasteiger partial charge < -0.3 is 30.7 Å². The molecule has 258 valence electrons. The Bertz CT molecular complexity index is 1440. The molecule has 0 aliphatic carbocycles. The first-order valence-electron chi connectivity index (χ1n) is 16.9. The number of carbonyl (C=O) groups excluding carboxylic acids is 2. The van der Waals surface area contributed by atoms with Crippen molar-refractivity contribution in [2.75, 3.05) is 26.7 Å². The molecular formula is C37H57N6O4+. The van der Waals surface area contributed by atoms with Crippen LogP contribution in [0.2, 0.25) is 0 Å². The number of carbonyl (C=O) groups is 2. The topological polar surface area (TPSA) is 143 Å². The highest BCUT2D eigenvalue weighted by Gasteiger charge is 2.59. The number of amides is 2. The summed E-state index contributed by atoms with van der Waals surface area (Å²) < 4.78 is 5.90. The number of hydrogen-bond acceptors (Lipinski definition) is 6. The molecule has 3 aliphatic rings. The molecule has 0 aromatic heterocycles. The lowest BCUT2D eigenvalue weighted by Crippen LogP contribution is -2.92. The van der Waals surface area contributed by atoms with Gasteiger partial charge >= 0.3 is 0 Å². The molecule has 0 bridgehead atoms. The number of aliphatic hydroxyl groups excluding tert-OH is 1. The predicted octanol–water partition coefficient (Wildman–Crippen LogP) is 2.77. The van der Waals surface area contributed by atoms with Crippen LogP contribution >= 0.6 is 0 Å². The van der Waals surface area contributed by atoms with E-state index in [9.17, 15) is 14.7 Å². The summed E-state index contributed by atoms with van der Waals surface area (Å²) in [6, 6.07) is 5.17. The minimum atomic E-state index is -0.792. The molecule has 10 nitrogen and oxygen atoms in total. The van der Waals surface area contributed by atoms with Crippen LogP contribution in [0.3, 0.4) is 0 Å². The van der Waals surface area contributed by atoms with Crippen molar-refractivity contribution in [2.24, 2.45) is 5.73 Å². The minimum absolute atomic E-state index is 0.0318. The van der Waals surface area contributed by atoms with Gasteiger partial charge in [-0.15, -0.1) is 0 Å². The fourth-order valence-electron chi connectivity index (χ4n) is 6.54. The molecule has 0 spiro atoms. The molecule has 0 saturated carbocycles. The molecule has 3 aliphatic heterocycles. The number of fused-ring (bicyclic) bond motifs is 2. The Morgan fingerprint density at radius 1 is 1.26 bits per heavy atom. The number of likely N-dealkylation sites (N-methyl/N-ethyl adjacent to an activating group) is 1. The Morgan fingerprint density at radius 3 is 2.60 bits per heavy atom. The number of nitrogens with one attached hydrogen (secondary N) is 4. The van der Waals surface area contributed by atoms with E-state index in [4.69, 9.17) is 10.5 Å². The molecule has 47 heavy (non-hydrogen) atoms. The zero-order valence-corrected chi connectivity index (χ0v) is 29.8. The van der Waals surface area contributed by atoms with Crippen LogP contribution < -0.4 is 31.4 Å². The molecule has 3 heterocycles. The van der Waals surface area contributed by atoms with Crippen molar-refractivity contribution >= 4 is 17.6 Å². The van der Waals surface area contributed by atoms with Crippen LogP contribution in [0.1, 0.15) is 96.5 Å². The van der Waals surface area contributed by atoms with Crippen molar-refractivity contribution in [3.05, 3.63) is 76.2 Å². The van der Waals surface area contributed by atoms with Gasteiger partial charge in [0.1, 0.15) is 29.3 Å². The predicted molar refractivity (Wildman–Crippen MR) is 189 cm³/mol. The number of para-hydroxylation sites is 1. The quantitative estimate of drug-likeness (QED) is 0.110. The van der Waals surface area contributed by atoms with Crippen molar-refractivity contribution in [1.29, 1.82) is 0 Å². The highest BCUT2D eigenvalue weighted by molar-refractivity contribution is 5.98. The second-order valence-corrected chi connectivity index (χ2v) is 13.0. The number of benzene rings is 1. The Balaban J connectivity index is 0.000000363. The number of amidine groups is 1. The standard InChI is InChI=1S/C25H37N5O3.C12H19NO/c1-6-20(26)29-19-12-27-23(14(2)3)30-13-18(22(31)25(19,30)5)28-24(32)17-9-7-8-16-15(4)10-11-33-21(16)17;1-5-7-10(3)9-11(8-6-2)12(14)13-4/h7-9,15,18-19,22,27,31H,6,10-13H2,1-5H3,(H2,26,29)(H,28,32);5,7-9H,6H2,1-4H3,(H,13,14)/p+1/b;7-5-,10-9-,11-8-/t15?,18-,19?,22-,25?;/m1./s1. The van der Waals surface area contributed by atoms with E-state index >= 15 is 0 Å². The van der Waals surface area contributed by atoms with Crippen molar-refractivity contribution < 1.29 is 24.4 Å².